The summed E-state index contributed by atoms with van der Waals surface area (Å²) in [5, 5.41) is 21.9. The smallest absolute Gasteiger partial charge is 0.326 e. The van der Waals surface area contributed by atoms with E-state index in [1.165, 1.54) is 17.7 Å². The van der Waals surface area contributed by atoms with Crippen LogP contribution in [0.4, 0.5) is 0 Å². The van der Waals surface area contributed by atoms with E-state index in [9.17, 15) is 24.6 Å². The van der Waals surface area contributed by atoms with Crippen LogP contribution in [0.1, 0.15) is 45.4 Å². The fraction of sp³-hybridized carbons (Fsp3) is 0.812. The van der Waals surface area contributed by atoms with Gasteiger partial charge in [-0.2, -0.15) is 11.8 Å². The van der Waals surface area contributed by atoms with E-state index in [0.717, 1.165) is 12.8 Å². The van der Waals surface area contributed by atoms with Crippen molar-refractivity contribution in [3.05, 3.63) is 0 Å². The first-order valence-corrected chi connectivity index (χ1v) is 9.58. The molecule has 0 radical (unpaired) electrons. The van der Waals surface area contributed by atoms with Gasteiger partial charge in [-0.25, -0.2) is 4.79 Å². The van der Waals surface area contributed by atoms with Crippen LogP contribution in [0.3, 0.4) is 0 Å². The van der Waals surface area contributed by atoms with Crippen LogP contribution in [0.2, 0.25) is 0 Å². The van der Waals surface area contributed by atoms with Crippen molar-refractivity contribution in [2.75, 3.05) is 12.3 Å². The Bertz CT molecular complexity index is 481. The maximum absolute atomic E-state index is 12.5. The van der Waals surface area contributed by atoms with Crippen LogP contribution in [0.15, 0.2) is 0 Å². The molecule has 0 aromatic rings. The Balaban J connectivity index is 1.88. The lowest BCUT2D eigenvalue weighted by atomic mass is 10.2. The minimum absolute atomic E-state index is 0.336. The number of carboxylic acids is 2. The fourth-order valence-corrected chi connectivity index (χ4v) is 4.76. The van der Waals surface area contributed by atoms with Gasteiger partial charge in [0.05, 0.1) is 6.04 Å². The molecule has 1 aliphatic heterocycles. The average molecular weight is 358 g/mol. The second-order valence-electron chi connectivity index (χ2n) is 6.55. The lowest BCUT2D eigenvalue weighted by molar-refractivity contribution is -0.149. The van der Waals surface area contributed by atoms with E-state index in [1.807, 2.05) is 0 Å². The quantitative estimate of drug-likeness (QED) is 0.598. The van der Waals surface area contributed by atoms with Gasteiger partial charge in [-0.05, 0) is 32.6 Å². The summed E-state index contributed by atoms with van der Waals surface area (Å²) < 4.78 is 0. The molecule has 1 saturated heterocycles. The maximum atomic E-state index is 12.5. The molecule has 0 unspecified atom stereocenters. The molecule has 0 bridgehead atoms. The average Bonchev–Trinajstić information content (AvgIpc) is 3.20. The normalized spacial score (nSPS) is 24.0. The lowest BCUT2D eigenvalue weighted by Crippen LogP contribution is -2.53. The molecular weight excluding hydrogens is 332 g/mol. The first-order chi connectivity index (χ1) is 11.4. The third kappa shape index (κ3) is 4.86. The van der Waals surface area contributed by atoms with E-state index in [2.05, 4.69) is 5.32 Å². The molecule has 3 N–H and O–H groups in total. The number of thioether (sulfide) groups is 1. The minimum atomic E-state index is -1.00. The van der Waals surface area contributed by atoms with Crippen molar-refractivity contribution in [3.8, 4) is 0 Å². The number of hydrogen-bond donors (Lipinski definition) is 3. The van der Waals surface area contributed by atoms with Gasteiger partial charge in [0.15, 0.2) is 0 Å². The number of carboxylic acid groups (broad SMARTS) is 2. The number of nitrogens with zero attached hydrogens (tertiary/aromatic N) is 1. The molecule has 0 spiro atoms. The van der Waals surface area contributed by atoms with Crippen molar-refractivity contribution in [1.82, 2.24) is 10.2 Å². The molecule has 2 rings (SSSR count). The van der Waals surface area contributed by atoms with Gasteiger partial charge in [-0.1, -0.05) is 12.8 Å². The Morgan fingerprint density at radius 3 is 2.42 bits per heavy atom. The molecule has 0 aromatic heterocycles. The molecule has 3 atom stereocenters. The van der Waals surface area contributed by atoms with Crippen molar-refractivity contribution < 1.29 is 24.6 Å². The predicted octanol–water partition coefficient (Wildman–Crippen LogP) is 1.17. The molecule has 24 heavy (non-hydrogen) atoms. The van der Waals surface area contributed by atoms with Crippen LogP contribution in [0, 0.1) is 0 Å². The van der Waals surface area contributed by atoms with Crippen molar-refractivity contribution in [2.24, 2.45) is 0 Å². The Morgan fingerprint density at radius 1 is 1.17 bits per heavy atom. The van der Waals surface area contributed by atoms with E-state index >= 15 is 0 Å². The van der Waals surface area contributed by atoms with Gasteiger partial charge in [-0.15, -0.1) is 0 Å². The third-order valence-corrected chi connectivity index (χ3v) is 6.21. The number of rotatable bonds is 8. The summed E-state index contributed by atoms with van der Waals surface area (Å²) >= 11 is 1.65. The minimum Gasteiger partial charge on any atom is -0.480 e. The number of aliphatic carboxylic acids is 2. The molecule has 1 saturated carbocycles. The molecular formula is C16H26N2O5S. The van der Waals surface area contributed by atoms with Gasteiger partial charge < -0.3 is 15.1 Å². The molecule has 1 amide bonds. The zero-order chi connectivity index (χ0) is 17.7. The molecule has 8 heteroatoms. The van der Waals surface area contributed by atoms with Gasteiger partial charge in [-0.3, -0.25) is 14.9 Å². The molecule has 0 aromatic carbocycles. The van der Waals surface area contributed by atoms with Gasteiger partial charge in [0.1, 0.15) is 12.1 Å². The number of amides is 1. The van der Waals surface area contributed by atoms with Crippen molar-refractivity contribution in [3.63, 3.8) is 0 Å². The zero-order valence-corrected chi connectivity index (χ0v) is 14.8. The second kappa shape index (κ2) is 8.71. The van der Waals surface area contributed by atoms with Crippen molar-refractivity contribution in [1.29, 1.82) is 0 Å². The van der Waals surface area contributed by atoms with Gasteiger partial charge in [0.25, 0.3) is 0 Å². The molecule has 1 heterocycles. The Kier molecular flexibility index (Phi) is 6.91. The number of likely N-dealkylation sites (tertiary alicyclic amines) is 1. The summed E-state index contributed by atoms with van der Waals surface area (Å²) in [5.74, 6) is -1.90. The highest BCUT2D eigenvalue weighted by Gasteiger charge is 2.36. The second-order valence-corrected chi connectivity index (χ2v) is 7.88. The topological polar surface area (TPSA) is 107 Å². The summed E-state index contributed by atoms with van der Waals surface area (Å²) in [6.07, 6.45) is 5.76. The number of hydrogen-bond acceptors (Lipinski definition) is 5. The van der Waals surface area contributed by atoms with E-state index in [1.54, 1.807) is 18.7 Å². The summed E-state index contributed by atoms with van der Waals surface area (Å²) in [5.41, 5.74) is 0. The Labute approximate surface area is 146 Å². The molecule has 2 aliphatic rings. The van der Waals surface area contributed by atoms with Gasteiger partial charge >= 0.3 is 11.9 Å². The standard InChI is InChI=1S/C16H26N2O5S/c1-10(14(19)18-8-4-7-13(18)16(22)23)17-12(15(20)21)9-24-11-5-2-3-6-11/h10-13,17H,2-9H2,1H3,(H,20,21)(H,22,23)/t10-,12-,13-/m0/s1. The highest BCUT2D eigenvalue weighted by Crippen LogP contribution is 2.29. The van der Waals surface area contributed by atoms with Crippen LogP contribution < -0.4 is 5.32 Å². The Morgan fingerprint density at radius 2 is 1.83 bits per heavy atom. The zero-order valence-electron chi connectivity index (χ0n) is 13.9. The van der Waals surface area contributed by atoms with E-state index in [4.69, 9.17) is 0 Å². The lowest BCUT2D eigenvalue weighted by Gasteiger charge is -2.27. The van der Waals surface area contributed by atoms with Gasteiger partial charge in [0.2, 0.25) is 5.91 Å². The summed E-state index contributed by atoms with van der Waals surface area (Å²) in [7, 11) is 0. The highest BCUT2D eigenvalue weighted by atomic mass is 32.2. The monoisotopic (exact) mass is 358 g/mol. The molecule has 1 aliphatic carbocycles. The Hall–Kier alpha value is -1.28. The van der Waals surface area contributed by atoms with Crippen molar-refractivity contribution in [2.45, 2.75) is 68.8 Å². The van der Waals surface area contributed by atoms with E-state index in [0.29, 0.717) is 30.4 Å². The van der Waals surface area contributed by atoms with Crippen molar-refractivity contribution >= 4 is 29.6 Å². The fourth-order valence-electron chi connectivity index (χ4n) is 3.39. The molecule has 2 fully saturated rings. The van der Waals surface area contributed by atoms with Gasteiger partial charge in [0, 0.05) is 17.5 Å². The third-order valence-electron chi connectivity index (χ3n) is 4.74. The van der Waals surface area contributed by atoms with Crippen LogP contribution in [0.25, 0.3) is 0 Å². The van der Waals surface area contributed by atoms with Crippen LogP contribution >= 0.6 is 11.8 Å². The van der Waals surface area contributed by atoms with E-state index in [-0.39, 0.29) is 5.91 Å². The summed E-state index contributed by atoms with van der Waals surface area (Å²) in [4.78, 5) is 36.5. The highest BCUT2D eigenvalue weighted by molar-refractivity contribution is 8.00. The number of carbonyl (C=O) groups excluding carboxylic acids is 1. The number of nitrogens with one attached hydrogen (secondary N) is 1. The largest absolute Gasteiger partial charge is 0.480 e. The van der Waals surface area contributed by atoms with Crippen LogP contribution in [0.5, 0.6) is 0 Å². The van der Waals surface area contributed by atoms with E-state index < -0.39 is 30.1 Å². The SMILES string of the molecule is C[C@H](N[C@@H](CSC1CCCC1)C(=O)O)C(=O)N1CCC[C@H]1C(=O)O. The predicted molar refractivity (Wildman–Crippen MR) is 91.1 cm³/mol. The summed E-state index contributed by atoms with van der Waals surface area (Å²) in [6, 6.07) is -2.31. The van der Waals surface area contributed by atoms with Crippen LogP contribution in [-0.2, 0) is 14.4 Å². The first kappa shape index (κ1) is 19.1. The van der Waals surface area contributed by atoms with Crippen LogP contribution in [-0.4, -0.2) is 68.6 Å². The first-order valence-electron chi connectivity index (χ1n) is 8.54. The maximum Gasteiger partial charge on any atom is 0.326 e. The number of carbonyl (C=O) groups is 3. The molecule has 136 valence electrons. The summed E-state index contributed by atoms with van der Waals surface area (Å²) in [6.45, 7) is 2.02. The molecule has 7 nitrogen and oxygen atoms in total.